The highest BCUT2D eigenvalue weighted by Crippen LogP contribution is 2.26. The summed E-state index contributed by atoms with van der Waals surface area (Å²) >= 11 is 0. The Hall–Kier alpha value is -1.86. The van der Waals surface area contributed by atoms with Crippen molar-refractivity contribution in [2.24, 2.45) is 0 Å². The molecule has 0 aliphatic carbocycles. The second kappa shape index (κ2) is 5.98. The van der Waals surface area contributed by atoms with Gasteiger partial charge < -0.3 is 9.72 Å². The van der Waals surface area contributed by atoms with Gasteiger partial charge in [-0.1, -0.05) is 11.6 Å². The number of morpholine rings is 1. The van der Waals surface area contributed by atoms with Gasteiger partial charge in [0.05, 0.1) is 6.61 Å². The van der Waals surface area contributed by atoms with E-state index in [1.165, 1.54) is 0 Å². The number of nitrogens with one attached hydrogen (secondary N) is 1. The fraction of sp³-hybridized carbons (Fsp3) is 0.438. The highest BCUT2D eigenvalue weighted by atomic mass is 19.4. The van der Waals surface area contributed by atoms with Crippen LogP contribution in [0.5, 0.6) is 0 Å². The number of ether oxygens (including phenoxy) is 1. The lowest BCUT2D eigenvalue weighted by Gasteiger charge is -2.33. The summed E-state index contributed by atoms with van der Waals surface area (Å²) in [6.45, 7) is 2.25. The third-order valence-corrected chi connectivity index (χ3v) is 3.99. The molecule has 1 aromatic carbocycles. The molecule has 0 bridgehead atoms. The summed E-state index contributed by atoms with van der Waals surface area (Å²) in [5.74, 6) is 0. The highest BCUT2D eigenvalue weighted by molar-refractivity contribution is 5.79. The largest absolute Gasteiger partial charge is 0.415 e. The summed E-state index contributed by atoms with van der Waals surface area (Å²) in [6.07, 6.45) is -6.18. The van der Waals surface area contributed by atoms with Gasteiger partial charge in [-0.2, -0.15) is 13.2 Å². The summed E-state index contributed by atoms with van der Waals surface area (Å²) in [6, 6.07) is 7.41. The molecule has 0 radical (unpaired) electrons. The third-order valence-electron chi connectivity index (χ3n) is 3.99. The van der Waals surface area contributed by atoms with E-state index in [1.54, 1.807) is 11.0 Å². The number of rotatable bonds is 2. The Balaban J connectivity index is 1.83. The van der Waals surface area contributed by atoms with Crippen molar-refractivity contribution in [2.45, 2.75) is 25.7 Å². The molecule has 3 rings (SSSR count). The first kappa shape index (κ1) is 16.0. The maximum absolute atomic E-state index is 12.8. The molecule has 1 saturated heterocycles. The van der Waals surface area contributed by atoms with Crippen LogP contribution < -0.4 is 5.56 Å². The smallest absolute Gasteiger partial charge is 0.366 e. The first-order valence-electron chi connectivity index (χ1n) is 7.36. The van der Waals surface area contributed by atoms with Crippen LogP contribution in [0.2, 0.25) is 0 Å². The summed E-state index contributed by atoms with van der Waals surface area (Å²) in [5.41, 5.74) is 1.97. The molecule has 0 saturated carbocycles. The number of fused-ring (bicyclic) bond motifs is 1. The number of benzene rings is 1. The van der Waals surface area contributed by atoms with Crippen LogP contribution in [0.25, 0.3) is 10.9 Å². The average Bonchev–Trinajstić information content (AvgIpc) is 2.48. The Labute approximate surface area is 130 Å². The average molecular weight is 326 g/mol. The summed E-state index contributed by atoms with van der Waals surface area (Å²) < 4.78 is 43.1. The molecule has 0 amide bonds. The monoisotopic (exact) mass is 326 g/mol. The van der Waals surface area contributed by atoms with E-state index in [0.29, 0.717) is 12.1 Å². The Morgan fingerprint density at radius 1 is 1.35 bits per heavy atom. The van der Waals surface area contributed by atoms with Crippen molar-refractivity contribution in [3.8, 4) is 0 Å². The molecule has 4 nitrogen and oxygen atoms in total. The molecular formula is C16H17F3N2O2. The molecule has 124 valence electrons. The van der Waals surface area contributed by atoms with Gasteiger partial charge in [0.1, 0.15) is 0 Å². The van der Waals surface area contributed by atoms with Crippen LogP contribution >= 0.6 is 0 Å². The molecule has 23 heavy (non-hydrogen) atoms. The zero-order valence-corrected chi connectivity index (χ0v) is 12.6. The van der Waals surface area contributed by atoms with Crippen LogP contribution in [0.15, 0.2) is 29.1 Å². The maximum Gasteiger partial charge on any atom is 0.415 e. The first-order valence-corrected chi connectivity index (χ1v) is 7.36. The predicted molar refractivity (Wildman–Crippen MR) is 80.4 cm³/mol. The number of halogens is 3. The zero-order valence-electron chi connectivity index (χ0n) is 12.6. The van der Waals surface area contributed by atoms with E-state index < -0.39 is 12.3 Å². The standard InChI is InChI=1S/C16H17F3N2O2/c1-10-2-3-13-11(6-10)7-12(15(22)20-13)8-21-4-5-23-14(9-21)16(17,18)19/h2-3,6-7,14H,4-5,8-9H2,1H3,(H,20,22)/t14-/m1/s1. The normalized spacial score (nSPS) is 20.1. The van der Waals surface area contributed by atoms with Crippen LogP contribution in [0.1, 0.15) is 11.1 Å². The molecule has 7 heteroatoms. The molecule has 1 aliphatic heterocycles. The molecule has 0 spiro atoms. The highest BCUT2D eigenvalue weighted by Gasteiger charge is 2.43. The molecule has 2 aromatic rings. The van der Waals surface area contributed by atoms with Gasteiger partial charge in [0.25, 0.3) is 5.56 Å². The third kappa shape index (κ3) is 3.56. The van der Waals surface area contributed by atoms with E-state index in [1.807, 2.05) is 25.1 Å². The lowest BCUT2D eigenvalue weighted by molar-refractivity contribution is -0.237. The van der Waals surface area contributed by atoms with Gasteiger partial charge in [0, 0.05) is 30.7 Å². The van der Waals surface area contributed by atoms with Crippen molar-refractivity contribution in [1.82, 2.24) is 9.88 Å². The molecular weight excluding hydrogens is 309 g/mol. The number of aromatic nitrogens is 1. The molecule has 1 aromatic heterocycles. The number of hydrogen-bond donors (Lipinski definition) is 1. The molecule has 1 fully saturated rings. The molecule has 1 atom stereocenters. The molecule has 2 heterocycles. The van der Waals surface area contributed by atoms with Crippen LogP contribution in [-0.4, -0.2) is 41.9 Å². The Morgan fingerprint density at radius 3 is 2.87 bits per heavy atom. The quantitative estimate of drug-likeness (QED) is 0.923. The minimum Gasteiger partial charge on any atom is -0.366 e. The molecule has 1 N–H and O–H groups in total. The summed E-state index contributed by atoms with van der Waals surface area (Å²) in [7, 11) is 0. The Bertz CT molecular complexity index is 770. The first-order chi connectivity index (χ1) is 10.8. The van der Waals surface area contributed by atoms with Crippen molar-refractivity contribution in [2.75, 3.05) is 19.7 Å². The van der Waals surface area contributed by atoms with Gasteiger partial charge in [-0.3, -0.25) is 9.69 Å². The van der Waals surface area contributed by atoms with Gasteiger partial charge in [-0.05, 0) is 30.5 Å². The number of hydrogen-bond acceptors (Lipinski definition) is 3. The summed E-state index contributed by atoms with van der Waals surface area (Å²) in [5, 5.41) is 0.875. The zero-order chi connectivity index (χ0) is 16.6. The minimum atomic E-state index is -4.38. The van der Waals surface area contributed by atoms with E-state index in [-0.39, 0.29) is 25.3 Å². The van der Waals surface area contributed by atoms with Crippen molar-refractivity contribution < 1.29 is 17.9 Å². The lowest BCUT2D eigenvalue weighted by Crippen LogP contribution is -2.49. The lowest BCUT2D eigenvalue weighted by atomic mass is 10.1. The maximum atomic E-state index is 12.8. The van der Waals surface area contributed by atoms with Crippen molar-refractivity contribution in [3.63, 3.8) is 0 Å². The second-order valence-corrected chi connectivity index (χ2v) is 5.85. The van der Waals surface area contributed by atoms with Gasteiger partial charge >= 0.3 is 6.18 Å². The van der Waals surface area contributed by atoms with Crippen LogP contribution in [0.3, 0.4) is 0 Å². The van der Waals surface area contributed by atoms with E-state index in [0.717, 1.165) is 16.5 Å². The molecule has 1 aliphatic rings. The fourth-order valence-electron chi connectivity index (χ4n) is 2.77. The second-order valence-electron chi connectivity index (χ2n) is 5.85. The number of pyridine rings is 1. The molecule has 0 unspecified atom stereocenters. The van der Waals surface area contributed by atoms with Crippen LogP contribution in [0, 0.1) is 6.92 Å². The van der Waals surface area contributed by atoms with Crippen LogP contribution in [-0.2, 0) is 11.3 Å². The summed E-state index contributed by atoms with van der Waals surface area (Å²) in [4.78, 5) is 16.5. The Kier molecular flexibility index (Phi) is 4.16. The number of alkyl halides is 3. The van der Waals surface area contributed by atoms with E-state index >= 15 is 0 Å². The van der Waals surface area contributed by atoms with Gasteiger partial charge in [-0.15, -0.1) is 0 Å². The van der Waals surface area contributed by atoms with Gasteiger partial charge in [0.2, 0.25) is 0 Å². The predicted octanol–water partition coefficient (Wildman–Crippen LogP) is 2.60. The Morgan fingerprint density at radius 2 is 2.13 bits per heavy atom. The number of aromatic amines is 1. The number of H-pyrrole nitrogens is 1. The minimum absolute atomic E-state index is 0.00870. The fourth-order valence-corrected chi connectivity index (χ4v) is 2.77. The number of aryl methyl sites for hydroxylation is 1. The van der Waals surface area contributed by atoms with Crippen LogP contribution in [0.4, 0.5) is 13.2 Å². The van der Waals surface area contributed by atoms with E-state index in [4.69, 9.17) is 4.74 Å². The number of nitrogens with zero attached hydrogens (tertiary/aromatic N) is 1. The van der Waals surface area contributed by atoms with Gasteiger partial charge in [-0.25, -0.2) is 0 Å². The topological polar surface area (TPSA) is 45.3 Å². The van der Waals surface area contributed by atoms with E-state index in [2.05, 4.69) is 4.98 Å². The van der Waals surface area contributed by atoms with Crippen molar-refractivity contribution >= 4 is 10.9 Å². The SMILES string of the molecule is Cc1ccc2[nH]c(=O)c(CN3CCO[C@@H](C(F)(F)F)C3)cc2c1. The van der Waals surface area contributed by atoms with Gasteiger partial charge in [0.15, 0.2) is 6.10 Å². The van der Waals surface area contributed by atoms with E-state index in [9.17, 15) is 18.0 Å². The van der Waals surface area contributed by atoms with Crippen molar-refractivity contribution in [1.29, 1.82) is 0 Å². The van der Waals surface area contributed by atoms with Crippen molar-refractivity contribution in [3.05, 3.63) is 45.7 Å².